The molecule has 7 heteroatoms. The van der Waals surface area contributed by atoms with Crippen molar-refractivity contribution < 1.29 is 9.53 Å². The smallest absolute Gasteiger partial charge is 0.237 e. The van der Waals surface area contributed by atoms with E-state index in [1.165, 1.54) is 11.8 Å². The monoisotopic (exact) mass is 396 g/mol. The van der Waals surface area contributed by atoms with Gasteiger partial charge in [-0.3, -0.25) is 9.36 Å². The fourth-order valence-corrected chi connectivity index (χ4v) is 3.52. The molecule has 2 aromatic carbocycles. The molecule has 1 atom stereocenters. The highest BCUT2D eigenvalue weighted by Gasteiger charge is 2.18. The minimum absolute atomic E-state index is 0.0669. The molecule has 0 aliphatic rings. The first-order valence-corrected chi connectivity index (χ1v) is 9.78. The van der Waals surface area contributed by atoms with E-state index in [-0.39, 0.29) is 11.2 Å². The fourth-order valence-electron chi connectivity index (χ4n) is 2.63. The quantitative estimate of drug-likeness (QED) is 0.610. The zero-order valence-electron chi connectivity index (χ0n) is 16.4. The summed E-state index contributed by atoms with van der Waals surface area (Å²) in [6, 6.07) is 15.5. The van der Waals surface area contributed by atoms with Crippen LogP contribution in [0.4, 0.5) is 11.4 Å². The molecule has 0 aliphatic carbocycles. The zero-order chi connectivity index (χ0) is 20.1. The number of ether oxygens (including phenoxy) is 1. The lowest BCUT2D eigenvalue weighted by atomic mass is 10.2. The van der Waals surface area contributed by atoms with Gasteiger partial charge < -0.3 is 15.0 Å². The molecular formula is C21H24N4O2S. The van der Waals surface area contributed by atoms with Crippen LogP contribution in [0.5, 0.6) is 5.75 Å². The van der Waals surface area contributed by atoms with E-state index in [1.807, 2.05) is 85.2 Å². The van der Waals surface area contributed by atoms with Crippen LogP contribution in [-0.2, 0) is 4.79 Å². The lowest BCUT2D eigenvalue weighted by Gasteiger charge is -2.15. The Bertz CT molecular complexity index is 938. The van der Waals surface area contributed by atoms with E-state index in [0.29, 0.717) is 0 Å². The molecule has 1 aromatic heterocycles. The molecule has 3 rings (SSSR count). The van der Waals surface area contributed by atoms with E-state index < -0.39 is 0 Å². The van der Waals surface area contributed by atoms with Crippen LogP contribution >= 0.6 is 11.8 Å². The average Bonchev–Trinajstić information content (AvgIpc) is 3.16. The van der Waals surface area contributed by atoms with Crippen molar-refractivity contribution >= 4 is 29.0 Å². The molecular weight excluding hydrogens is 372 g/mol. The van der Waals surface area contributed by atoms with E-state index >= 15 is 0 Å². The fraction of sp³-hybridized carbons (Fsp3) is 0.238. The van der Waals surface area contributed by atoms with Crippen LogP contribution in [-0.4, -0.2) is 41.9 Å². The van der Waals surface area contributed by atoms with Gasteiger partial charge in [-0.05, 0) is 43.3 Å². The Morgan fingerprint density at radius 1 is 1.21 bits per heavy atom. The van der Waals surface area contributed by atoms with Gasteiger partial charge in [0.25, 0.3) is 0 Å². The first-order valence-electron chi connectivity index (χ1n) is 8.90. The van der Waals surface area contributed by atoms with Crippen LogP contribution in [0.2, 0.25) is 0 Å². The highest BCUT2D eigenvalue weighted by molar-refractivity contribution is 8.00. The maximum Gasteiger partial charge on any atom is 0.237 e. The number of nitrogens with one attached hydrogen (secondary N) is 1. The van der Waals surface area contributed by atoms with Gasteiger partial charge in [0.05, 0.1) is 18.0 Å². The number of methoxy groups -OCH3 is 1. The van der Waals surface area contributed by atoms with E-state index in [4.69, 9.17) is 4.74 Å². The Labute approximate surface area is 169 Å². The number of nitrogens with zero attached hydrogens (tertiary/aromatic N) is 3. The van der Waals surface area contributed by atoms with Crippen LogP contribution < -0.4 is 15.0 Å². The number of imidazole rings is 1. The van der Waals surface area contributed by atoms with Gasteiger partial charge in [-0.25, -0.2) is 4.98 Å². The van der Waals surface area contributed by atoms with Crippen LogP contribution in [0.15, 0.2) is 66.1 Å². The van der Waals surface area contributed by atoms with Gasteiger partial charge >= 0.3 is 0 Å². The van der Waals surface area contributed by atoms with Crippen molar-refractivity contribution in [2.45, 2.75) is 17.3 Å². The largest absolute Gasteiger partial charge is 0.497 e. The van der Waals surface area contributed by atoms with Crippen molar-refractivity contribution in [1.82, 2.24) is 9.55 Å². The molecule has 0 fully saturated rings. The van der Waals surface area contributed by atoms with Gasteiger partial charge in [0.15, 0.2) is 5.16 Å². The maximum absolute atomic E-state index is 12.6. The summed E-state index contributed by atoms with van der Waals surface area (Å²) in [7, 11) is 5.60. The van der Waals surface area contributed by atoms with Crippen molar-refractivity contribution in [2.24, 2.45) is 0 Å². The lowest BCUT2D eigenvalue weighted by molar-refractivity contribution is -0.115. The third-order valence-corrected chi connectivity index (χ3v) is 5.32. The van der Waals surface area contributed by atoms with Gasteiger partial charge in [0.2, 0.25) is 5.91 Å². The van der Waals surface area contributed by atoms with Crippen LogP contribution in [0, 0.1) is 0 Å². The second kappa shape index (κ2) is 8.84. The summed E-state index contributed by atoms with van der Waals surface area (Å²) in [5.74, 6) is 0.705. The highest BCUT2D eigenvalue weighted by Crippen LogP contribution is 2.27. The molecule has 1 N–H and O–H groups in total. The highest BCUT2D eigenvalue weighted by atomic mass is 32.2. The summed E-state index contributed by atoms with van der Waals surface area (Å²) >= 11 is 1.41. The van der Waals surface area contributed by atoms with E-state index in [0.717, 1.165) is 28.0 Å². The molecule has 0 spiro atoms. The molecule has 0 aliphatic heterocycles. The van der Waals surface area contributed by atoms with Crippen molar-refractivity contribution in [3.05, 3.63) is 60.9 Å². The standard InChI is InChI=1S/C21H24N4O2S/c1-15(20(26)23-16-8-10-17(11-9-16)24(2)3)28-21-22-12-13-25(21)18-6-5-7-19(14-18)27-4/h5-15H,1-4H3,(H,23,26). The number of rotatable bonds is 7. The van der Waals surface area contributed by atoms with Gasteiger partial charge in [0, 0.05) is 43.9 Å². The SMILES string of the molecule is COc1cccc(-n2ccnc2SC(C)C(=O)Nc2ccc(N(C)C)cc2)c1. The predicted molar refractivity (Wildman–Crippen MR) is 115 cm³/mol. The van der Waals surface area contributed by atoms with Gasteiger partial charge in [-0.2, -0.15) is 0 Å². The zero-order valence-corrected chi connectivity index (χ0v) is 17.2. The van der Waals surface area contributed by atoms with Gasteiger partial charge in [-0.1, -0.05) is 17.8 Å². The number of benzene rings is 2. The normalized spacial score (nSPS) is 11.7. The number of thioether (sulfide) groups is 1. The predicted octanol–water partition coefficient (Wildman–Crippen LogP) is 4.07. The first-order chi connectivity index (χ1) is 13.5. The molecule has 0 radical (unpaired) electrons. The topological polar surface area (TPSA) is 59.4 Å². The summed E-state index contributed by atoms with van der Waals surface area (Å²) in [4.78, 5) is 19.0. The Balaban J connectivity index is 1.68. The maximum atomic E-state index is 12.6. The first kappa shape index (κ1) is 19.8. The molecule has 1 amide bonds. The van der Waals surface area contributed by atoms with E-state index in [9.17, 15) is 4.79 Å². The van der Waals surface area contributed by atoms with Crippen LogP contribution in [0.1, 0.15) is 6.92 Å². The Hall–Kier alpha value is -2.93. The van der Waals surface area contributed by atoms with Crippen molar-refractivity contribution in [2.75, 3.05) is 31.4 Å². The second-order valence-corrected chi connectivity index (χ2v) is 7.78. The molecule has 3 aromatic rings. The third kappa shape index (κ3) is 4.67. The number of hydrogen-bond acceptors (Lipinski definition) is 5. The molecule has 6 nitrogen and oxygen atoms in total. The lowest BCUT2D eigenvalue weighted by Crippen LogP contribution is -2.22. The summed E-state index contributed by atoms with van der Waals surface area (Å²) in [6.07, 6.45) is 3.61. The minimum atomic E-state index is -0.305. The Kier molecular flexibility index (Phi) is 6.26. The third-order valence-electron chi connectivity index (χ3n) is 4.24. The second-order valence-electron chi connectivity index (χ2n) is 6.47. The summed E-state index contributed by atoms with van der Waals surface area (Å²) in [5, 5.41) is 3.41. The molecule has 1 heterocycles. The van der Waals surface area contributed by atoms with Crippen molar-refractivity contribution in [3.8, 4) is 11.4 Å². The van der Waals surface area contributed by atoms with Crippen molar-refractivity contribution in [3.63, 3.8) is 0 Å². The summed E-state index contributed by atoms with van der Waals surface area (Å²) < 4.78 is 7.24. The Morgan fingerprint density at radius 3 is 2.64 bits per heavy atom. The summed E-state index contributed by atoms with van der Waals surface area (Å²) in [6.45, 7) is 1.87. The Morgan fingerprint density at radius 2 is 1.96 bits per heavy atom. The number of carbonyl (C=O) groups is 1. The number of hydrogen-bond donors (Lipinski definition) is 1. The van der Waals surface area contributed by atoms with E-state index in [1.54, 1.807) is 13.3 Å². The van der Waals surface area contributed by atoms with Gasteiger partial charge in [0.1, 0.15) is 5.75 Å². The number of carbonyl (C=O) groups excluding carboxylic acids is 1. The average molecular weight is 397 g/mol. The molecule has 146 valence electrons. The van der Waals surface area contributed by atoms with Crippen LogP contribution in [0.25, 0.3) is 5.69 Å². The summed E-state index contributed by atoms with van der Waals surface area (Å²) in [5.41, 5.74) is 2.80. The minimum Gasteiger partial charge on any atom is -0.497 e. The van der Waals surface area contributed by atoms with Gasteiger partial charge in [-0.15, -0.1) is 0 Å². The van der Waals surface area contributed by atoms with Crippen LogP contribution in [0.3, 0.4) is 0 Å². The molecule has 1 unspecified atom stereocenters. The van der Waals surface area contributed by atoms with Crippen molar-refractivity contribution in [1.29, 1.82) is 0 Å². The number of aromatic nitrogens is 2. The molecule has 0 saturated heterocycles. The number of anilines is 2. The molecule has 28 heavy (non-hydrogen) atoms. The number of amides is 1. The molecule has 0 saturated carbocycles. The molecule has 0 bridgehead atoms. The van der Waals surface area contributed by atoms with E-state index in [2.05, 4.69) is 10.3 Å².